The molecule has 0 fully saturated rings. The summed E-state index contributed by atoms with van der Waals surface area (Å²) in [6.07, 6.45) is 0.832. The molecule has 2 N–H and O–H groups in total. The molecule has 2 amide bonds. The number of carbonyl (C=O) groups is 2. The maximum absolute atomic E-state index is 12.1. The SMILES string of the molecule is CCOc1ccccc1OCCCC(=O)NCC(=O)Nc1c(C)cccc1C. The third-order valence-corrected chi connectivity index (χ3v) is 4.15. The number of rotatable bonds is 10. The van der Waals surface area contributed by atoms with E-state index in [1.165, 1.54) is 0 Å². The second-order valence-corrected chi connectivity index (χ2v) is 6.42. The molecule has 0 saturated carbocycles. The highest BCUT2D eigenvalue weighted by Gasteiger charge is 2.09. The zero-order valence-corrected chi connectivity index (χ0v) is 16.7. The standard InChI is InChI=1S/C22H28N2O4/c1-4-27-18-11-5-6-12-19(18)28-14-8-13-20(25)23-15-21(26)24-22-16(2)9-7-10-17(22)3/h5-7,9-12H,4,8,13-15H2,1-3H3,(H,23,25)(H,24,26). The van der Waals surface area contributed by atoms with E-state index in [0.717, 1.165) is 16.8 Å². The quantitative estimate of drug-likeness (QED) is 0.614. The lowest BCUT2D eigenvalue weighted by molar-refractivity contribution is -0.124. The summed E-state index contributed by atoms with van der Waals surface area (Å²) in [6.45, 7) is 6.69. The van der Waals surface area contributed by atoms with E-state index in [0.29, 0.717) is 31.1 Å². The Morgan fingerprint density at radius 1 is 0.893 bits per heavy atom. The van der Waals surface area contributed by atoms with Gasteiger partial charge in [0.2, 0.25) is 11.8 Å². The Balaban J connectivity index is 1.68. The van der Waals surface area contributed by atoms with Crippen molar-refractivity contribution in [2.45, 2.75) is 33.6 Å². The van der Waals surface area contributed by atoms with Gasteiger partial charge in [-0.3, -0.25) is 9.59 Å². The molecule has 0 radical (unpaired) electrons. The number of nitrogens with one attached hydrogen (secondary N) is 2. The van der Waals surface area contributed by atoms with Gasteiger partial charge in [0, 0.05) is 12.1 Å². The highest BCUT2D eigenvalue weighted by molar-refractivity contribution is 5.95. The Kier molecular flexibility index (Phi) is 8.34. The van der Waals surface area contributed by atoms with E-state index in [2.05, 4.69) is 10.6 Å². The van der Waals surface area contributed by atoms with Gasteiger partial charge in [-0.05, 0) is 50.5 Å². The summed E-state index contributed by atoms with van der Waals surface area (Å²) in [4.78, 5) is 24.0. The van der Waals surface area contributed by atoms with Crippen LogP contribution in [0, 0.1) is 13.8 Å². The summed E-state index contributed by atoms with van der Waals surface area (Å²) in [6, 6.07) is 13.3. The largest absolute Gasteiger partial charge is 0.490 e. The van der Waals surface area contributed by atoms with Gasteiger partial charge in [0.1, 0.15) is 0 Å². The van der Waals surface area contributed by atoms with Gasteiger partial charge in [-0.25, -0.2) is 0 Å². The Morgan fingerprint density at radius 3 is 2.18 bits per heavy atom. The lowest BCUT2D eigenvalue weighted by Gasteiger charge is -2.12. The average Bonchev–Trinajstić information content (AvgIpc) is 2.68. The Morgan fingerprint density at radius 2 is 1.54 bits per heavy atom. The second-order valence-electron chi connectivity index (χ2n) is 6.42. The maximum Gasteiger partial charge on any atom is 0.243 e. The van der Waals surface area contributed by atoms with Gasteiger partial charge in [0.15, 0.2) is 11.5 Å². The van der Waals surface area contributed by atoms with Crippen LogP contribution in [0.1, 0.15) is 30.9 Å². The lowest BCUT2D eigenvalue weighted by atomic mass is 10.1. The average molecular weight is 384 g/mol. The number of hydrogen-bond donors (Lipinski definition) is 2. The molecule has 0 saturated heterocycles. The Bertz CT molecular complexity index is 785. The fourth-order valence-electron chi connectivity index (χ4n) is 2.72. The third-order valence-electron chi connectivity index (χ3n) is 4.15. The van der Waals surface area contributed by atoms with Gasteiger partial charge in [-0.2, -0.15) is 0 Å². The van der Waals surface area contributed by atoms with Crippen molar-refractivity contribution in [1.29, 1.82) is 0 Å². The Hall–Kier alpha value is -3.02. The minimum atomic E-state index is -0.243. The fourth-order valence-corrected chi connectivity index (χ4v) is 2.72. The molecule has 0 aromatic heterocycles. The summed E-state index contributed by atoms with van der Waals surface area (Å²) < 4.78 is 11.2. The summed E-state index contributed by atoms with van der Waals surface area (Å²) in [5.74, 6) is 0.932. The Labute approximate surface area is 166 Å². The van der Waals surface area contributed by atoms with E-state index in [-0.39, 0.29) is 24.8 Å². The van der Waals surface area contributed by atoms with Gasteiger partial charge in [-0.1, -0.05) is 30.3 Å². The fraction of sp³-hybridized carbons (Fsp3) is 0.364. The summed E-state index contributed by atoms with van der Waals surface area (Å²) >= 11 is 0. The lowest BCUT2D eigenvalue weighted by Crippen LogP contribution is -2.33. The van der Waals surface area contributed by atoms with E-state index in [1.807, 2.05) is 63.2 Å². The summed E-state index contributed by atoms with van der Waals surface area (Å²) in [7, 11) is 0. The van der Waals surface area contributed by atoms with Gasteiger partial charge >= 0.3 is 0 Å². The molecule has 6 nitrogen and oxygen atoms in total. The van der Waals surface area contributed by atoms with E-state index in [1.54, 1.807) is 0 Å². The van der Waals surface area contributed by atoms with Crippen molar-refractivity contribution in [2.75, 3.05) is 25.1 Å². The van der Waals surface area contributed by atoms with Gasteiger partial charge in [-0.15, -0.1) is 0 Å². The van der Waals surface area contributed by atoms with Crippen LogP contribution in [-0.4, -0.2) is 31.6 Å². The van der Waals surface area contributed by atoms with E-state index >= 15 is 0 Å². The maximum atomic E-state index is 12.1. The number of benzene rings is 2. The van der Waals surface area contributed by atoms with E-state index in [9.17, 15) is 9.59 Å². The minimum absolute atomic E-state index is 0.0549. The van der Waals surface area contributed by atoms with E-state index in [4.69, 9.17) is 9.47 Å². The number of anilines is 1. The molecule has 28 heavy (non-hydrogen) atoms. The topological polar surface area (TPSA) is 76.7 Å². The van der Waals surface area contributed by atoms with Gasteiger partial charge < -0.3 is 20.1 Å². The van der Waals surface area contributed by atoms with Gasteiger partial charge in [0.05, 0.1) is 19.8 Å². The molecular formula is C22H28N2O4. The van der Waals surface area contributed by atoms with Crippen molar-refractivity contribution in [3.63, 3.8) is 0 Å². The van der Waals surface area contributed by atoms with E-state index < -0.39 is 0 Å². The molecular weight excluding hydrogens is 356 g/mol. The third kappa shape index (κ3) is 6.61. The predicted octanol–water partition coefficient (Wildman–Crippen LogP) is 3.62. The molecule has 0 heterocycles. The first-order chi connectivity index (χ1) is 13.5. The van der Waals surface area contributed by atoms with Crippen molar-refractivity contribution in [3.8, 4) is 11.5 Å². The summed E-state index contributed by atoms with van der Waals surface area (Å²) in [5.41, 5.74) is 2.77. The number of hydrogen-bond acceptors (Lipinski definition) is 4. The molecule has 150 valence electrons. The number of carbonyl (C=O) groups excluding carboxylic acids is 2. The molecule has 2 aromatic rings. The van der Waals surface area contributed by atoms with Gasteiger partial charge in [0.25, 0.3) is 0 Å². The number of ether oxygens (including phenoxy) is 2. The molecule has 0 bridgehead atoms. The van der Waals surface area contributed by atoms with Crippen LogP contribution in [0.3, 0.4) is 0 Å². The monoisotopic (exact) mass is 384 g/mol. The van der Waals surface area contributed by atoms with Crippen LogP contribution in [0.4, 0.5) is 5.69 Å². The zero-order chi connectivity index (χ0) is 20.4. The first-order valence-electron chi connectivity index (χ1n) is 9.48. The normalized spacial score (nSPS) is 10.2. The number of aryl methyl sites for hydroxylation is 2. The summed E-state index contributed by atoms with van der Waals surface area (Å²) in [5, 5.41) is 5.49. The molecule has 0 aliphatic carbocycles. The number of amides is 2. The first-order valence-corrected chi connectivity index (χ1v) is 9.48. The van der Waals surface area contributed by atoms with Crippen LogP contribution >= 0.6 is 0 Å². The highest BCUT2D eigenvalue weighted by Crippen LogP contribution is 2.26. The van der Waals surface area contributed by atoms with Crippen molar-refractivity contribution in [2.24, 2.45) is 0 Å². The van der Waals surface area contributed by atoms with Crippen LogP contribution < -0.4 is 20.1 Å². The van der Waals surface area contributed by atoms with Crippen molar-refractivity contribution >= 4 is 17.5 Å². The molecule has 2 aromatic carbocycles. The second kappa shape index (κ2) is 11.0. The molecule has 0 spiro atoms. The van der Waals surface area contributed by atoms with Crippen LogP contribution in [0.5, 0.6) is 11.5 Å². The van der Waals surface area contributed by atoms with Crippen molar-refractivity contribution < 1.29 is 19.1 Å². The zero-order valence-electron chi connectivity index (χ0n) is 16.7. The van der Waals surface area contributed by atoms with Crippen LogP contribution in [0.2, 0.25) is 0 Å². The molecule has 0 aliphatic rings. The smallest absolute Gasteiger partial charge is 0.243 e. The predicted molar refractivity (Wildman–Crippen MR) is 110 cm³/mol. The molecule has 2 rings (SSSR count). The highest BCUT2D eigenvalue weighted by atomic mass is 16.5. The minimum Gasteiger partial charge on any atom is -0.490 e. The molecule has 0 aliphatic heterocycles. The van der Waals surface area contributed by atoms with Crippen molar-refractivity contribution in [3.05, 3.63) is 53.6 Å². The van der Waals surface area contributed by atoms with Crippen LogP contribution in [0.25, 0.3) is 0 Å². The van der Waals surface area contributed by atoms with Crippen molar-refractivity contribution in [1.82, 2.24) is 5.32 Å². The molecule has 0 atom stereocenters. The first kappa shape index (κ1) is 21.3. The molecule has 6 heteroatoms. The number of para-hydroxylation sites is 3. The van der Waals surface area contributed by atoms with Crippen LogP contribution in [0.15, 0.2) is 42.5 Å². The molecule has 0 unspecified atom stereocenters. The van der Waals surface area contributed by atoms with Crippen LogP contribution in [-0.2, 0) is 9.59 Å².